The molecule has 3 rings (SSSR count). The molecule has 0 bridgehead atoms. The van der Waals surface area contributed by atoms with Crippen molar-refractivity contribution < 1.29 is 9.21 Å². The predicted molar refractivity (Wildman–Crippen MR) is 97.0 cm³/mol. The largest absolute Gasteiger partial charge is 0.416 e. The van der Waals surface area contributed by atoms with Gasteiger partial charge in [0.15, 0.2) is 0 Å². The number of anilines is 1. The summed E-state index contributed by atoms with van der Waals surface area (Å²) in [4.78, 5) is 11.9. The molecule has 0 radical (unpaired) electrons. The van der Waals surface area contributed by atoms with E-state index in [2.05, 4.69) is 31.4 Å². The van der Waals surface area contributed by atoms with Crippen molar-refractivity contribution in [2.24, 2.45) is 0 Å². The molecular formula is C17H14BrN3O2S. The molecule has 0 unspecified atom stereocenters. The molecule has 0 saturated heterocycles. The molecule has 0 aliphatic heterocycles. The lowest BCUT2D eigenvalue weighted by molar-refractivity contribution is -0.113. The van der Waals surface area contributed by atoms with Crippen LogP contribution >= 0.6 is 27.7 Å². The van der Waals surface area contributed by atoms with Crippen LogP contribution in [0.2, 0.25) is 0 Å². The number of carbonyl (C=O) groups excluding carboxylic acids is 1. The van der Waals surface area contributed by atoms with Gasteiger partial charge in [0.25, 0.3) is 5.22 Å². The number of amides is 1. The van der Waals surface area contributed by atoms with Crippen LogP contribution in [-0.2, 0) is 11.2 Å². The zero-order chi connectivity index (χ0) is 16.8. The summed E-state index contributed by atoms with van der Waals surface area (Å²) < 4.78 is 6.52. The molecule has 5 nitrogen and oxygen atoms in total. The molecule has 0 fully saturated rings. The molecule has 0 spiro atoms. The third kappa shape index (κ3) is 4.94. The lowest BCUT2D eigenvalue weighted by Crippen LogP contribution is -2.13. The van der Waals surface area contributed by atoms with E-state index in [1.54, 1.807) is 0 Å². The average Bonchev–Trinajstić information content (AvgIpc) is 3.03. The summed E-state index contributed by atoms with van der Waals surface area (Å²) >= 11 is 4.58. The van der Waals surface area contributed by atoms with Crippen molar-refractivity contribution in [2.45, 2.75) is 11.6 Å². The Morgan fingerprint density at radius 2 is 1.83 bits per heavy atom. The number of hydrogen-bond acceptors (Lipinski definition) is 5. The average molecular weight is 404 g/mol. The van der Waals surface area contributed by atoms with E-state index in [0.29, 0.717) is 17.5 Å². The van der Waals surface area contributed by atoms with Gasteiger partial charge < -0.3 is 9.73 Å². The maximum Gasteiger partial charge on any atom is 0.277 e. The number of halogens is 1. The van der Waals surface area contributed by atoms with Crippen LogP contribution in [0.15, 0.2) is 68.7 Å². The number of aromatic nitrogens is 2. The molecule has 7 heteroatoms. The normalized spacial score (nSPS) is 10.5. The number of benzene rings is 2. The molecule has 122 valence electrons. The van der Waals surface area contributed by atoms with Crippen LogP contribution in [0.25, 0.3) is 0 Å². The van der Waals surface area contributed by atoms with E-state index in [-0.39, 0.29) is 11.7 Å². The van der Waals surface area contributed by atoms with Crippen molar-refractivity contribution in [1.82, 2.24) is 10.2 Å². The third-order valence-electron chi connectivity index (χ3n) is 3.10. The van der Waals surface area contributed by atoms with Gasteiger partial charge in [0.05, 0.1) is 12.2 Å². The molecule has 0 aliphatic carbocycles. The zero-order valence-corrected chi connectivity index (χ0v) is 15.0. The van der Waals surface area contributed by atoms with Crippen molar-refractivity contribution in [1.29, 1.82) is 0 Å². The van der Waals surface area contributed by atoms with Crippen molar-refractivity contribution in [3.05, 3.63) is 70.5 Å². The molecule has 2 aromatic carbocycles. The molecule has 3 aromatic rings. The Hall–Kier alpha value is -2.12. The van der Waals surface area contributed by atoms with Gasteiger partial charge in [-0.2, -0.15) is 0 Å². The third-order valence-corrected chi connectivity index (χ3v) is 4.45. The first kappa shape index (κ1) is 16.7. The quantitative estimate of drug-likeness (QED) is 0.625. The second-order valence-corrected chi connectivity index (χ2v) is 6.81. The van der Waals surface area contributed by atoms with Gasteiger partial charge in [0.2, 0.25) is 11.8 Å². The summed E-state index contributed by atoms with van der Waals surface area (Å²) in [5.74, 6) is 0.630. The lowest BCUT2D eigenvalue weighted by atomic mass is 10.2. The number of thioether (sulfide) groups is 1. The monoisotopic (exact) mass is 403 g/mol. The highest BCUT2D eigenvalue weighted by atomic mass is 79.9. The van der Waals surface area contributed by atoms with Crippen molar-refractivity contribution in [3.8, 4) is 0 Å². The van der Waals surface area contributed by atoms with E-state index in [9.17, 15) is 4.79 Å². The van der Waals surface area contributed by atoms with Gasteiger partial charge in [-0.15, -0.1) is 10.2 Å². The minimum Gasteiger partial charge on any atom is -0.416 e. The summed E-state index contributed by atoms with van der Waals surface area (Å²) in [5, 5.41) is 11.2. The van der Waals surface area contributed by atoms with Crippen molar-refractivity contribution in [2.75, 3.05) is 11.1 Å². The lowest BCUT2D eigenvalue weighted by Gasteiger charge is -2.03. The van der Waals surface area contributed by atoms with E-state index >= 15 is 0 Å². The van der Waals surface area contributed by atoms with E-state index in [4.69, 9.17) is 4.42 Å². The summed E-state index contributed by atoms with van der Waals surface area (Å²) in [6.45, 7) is 0. The van der Waals surface area contributed by atoms with E-state index in [1.807, 2.05) is 54.6 Å². The Bertz CT molecular complexity index is 806. The molecule has 1 heterocycles. The SMILES string of the molecule is O=C(CSc1nnc(Cc2ccccc2)o1)Nc1ccc(Br)cc1. The molecule has 0 atom stereocenters. The Balaban J connectivity index is 1.50. The molecule has 1 aromatic heterocycles. The molecule has 1 amide bonds. The standard InChI is InChI=1S/C17H14BrN3O2S/c18-13-6-8-14(9-7-13)19-15(22)11-24-17-21-20-16(23-17)10-12-4-2-1-3-5-12/h1-9H,10-11H2,(H,19,22). The minimum atomic E-state index is -0.120. The van der Waals surface area contributed by atoms with Crippen LogP contribution in [-0.4, -0.2) is 21.9 Å². The van der Waals surface area contributed by atoms with E-state index < -0.39 is 0 Å². The fraction of sp³-hybridized carbons (Fsp3) is 0.118. The highest BCUT2D eigenvalue weighted by Gasteiger charge is 2.10. The van der Waals surface area contributed by atoms with Gasteiger partial charge in [-0.1, -0.05) is 58.0 Å². The topological polar surface area (TPSA) is 68.0 Å². The van der Waals surface area contributed by atoms with Crippen molar-refractivity contribution in [3.63, 3.8) is 0 Å². The van der Waals surface area contributed by atoms with Crippen LogP contribution in [0.1, 0.15) is 11.5 Å². The summed E-state index contributed by atoms with van der Waals surface area (Å²) in [6, 6.07) is 17.3. The Morgan fingerprint density at radius 3 is 2.58 bits per heavy atom. The first-order valence-electron chi connectivity index (χ1n) is 7.23. The van der Waals surface area contributed by atoms with Gasteiger partial charge in [-0.3, -0.25) is 4.79 Å². The van der Waals surface area contributed by atoms with Gasteiger partial charge in [-0.25, -0.2) is 0 Å². The molecule has 1 N–H and O–H groups in total. The first-order valence-corrected chi connectivity index (χ1v) is 9.01. The smallest absolute Gasteiger partial charge is 0.277 e. The van der Waals surface area contributed by atoms with Gasteiger partial charge >= 0.3 is 0 Å². The van der Waals surface area contributed by atoms with Crippen LogP contribution in [0.3, 0.4) is 0 Å². The number of nitrogens with zero attached hydrogens (tertiary/aromatic N) is 2. The summed E-state index contributed by atoms with van der Waals surface area (Å²) in [7, 11) is 0. The number of carbonyl (C=O) groups is 1. The predicted octanol–water partition coefficient (Wildman–Crippen LogP) is 4.15. The van der Waals surface area contributed by atoms with Crippen LogP contribution in [0.5, 0.6) is 0 Å². The number of rotatable bonds is 6. The molecule has 24 heavy (non-hydrogen) atoms. The highest BCUT2D eigenvalue weighted by molar-refractivity contribution is 9.10. The first-order chi connectivity index (χ1) is 11.7. The van der Waals surface area contributed by atoms with Gasteiger partial charge in [0.1, 0.15) is 0 Å². The maximum atomic E-state index is 11.9. The van der Waals surface area contributed by atoms with E-state index in [0.717, 1.165) is 15.7 Å². The Morgan fingerprint density at radius 1 is 1.08 bits per heavy atom. The van der Waals surface area contributed by atoms with Crippen molar-refractivity contribution >= 4 is 39.3 Å². The second-order valence-electron chi connectivity index (χ2n) is 4.97. The van der Waals surface area contributed by atoms with Crippen LogP contribution in [0.4, 0.5) is 5.69 Å². The van der Waals surface area contributed by atoms with Crippen LogP contribution in [0, 0.1) is 0 Å². The molecular weight excluding hydrogens is 390 g/mol. The van der Waals surface area contributed by atoms with E-state index in [1.165, 1.54) is 11.8 Å². The summed E-state index contributed by atoms with van der Waals surface area (Å²) in [5.41, 5.74) is 1.85. The fourth-order valence-corrected chi connectivity index (χ4v) is 2.84. The Kier molecular flexibility index (Phi) is 5.66. The minimum absolute atomic E-state index is 0.120. The van der Waals surface area contributed by atoms with Crippen LogP contribution < -0.4 is 5.32 Å². The zero-order valence-electron chi connectivity index (χ0n) is 12.6. The second kappa shape index (κ2) is 8.12. The fourth-order valence-electron chi connectivity index (χ4n) is 2.00. The van der Waals surface area contributed by atoms with Gasteiger partial charge in [0, 0.05) is 10.2 Å². The number of nitrogens with one attached hydrogen (secondary N) is 1. The highest BCUT2D eigenvalue weighted by Crippen LogP contribution is 2.19. The number of hydrogen-bond donors (Lipinski definition) is 1. The Labute approximate surface area is 152 Å². The van der Waals surface area contributed by atoms with Gasteiger partial charge in [-0.05, 0) is 29.8 Å². The summed E-state index contributed by atoms with van der Waals surface area (Å²) in [6.07, 6.45) is 0.583. The molecule has 0 aliphatic rings. The molecule has 0 saturated carbocycles. The maximum absolute atomic E-state index is 11.9.